The number of hydrogen-bond donors (Lipinski definition) is 1. The van der Waals surface area contributed by atoms with Crippen molar-refractivity contribution in [1.82, 2.24) is 9.80 Å². The Balaban J connectivity index is 1.55. The van der Waals surface area contributed by atoms with Crippen LogP contribution in [0.5, 0.6) is 0 Å². The molecule has 1 aliphatic heterocycles. The molecule has 0 spiro atoms. The Morgan fingerprint density at radius 3 is 2.48 bits per heavy atom. The summed E-state index contributed by atoms with van der Waals surface area (Å²) in [4.78, 5) is 16.9. The van der Waals surface area contributed by atoms with Gasteiger partial charge in [0.1, 0.15) is 0 Å². The molecule has 1 aliphatic rings. The van der Waals surface area contributed by atoms with E-state index in [-0.39, 0.29) is 5.91 Å². The van der Waals surface area contributed by atoms with Crippen molar-refractivity contribution in [1.29, 1.82) is 0 Å². The molecule has 4 nitrogen and oxygen atoms in total. The molecule has 0 aliphatic carbocycles. The van der Waals surface area contributed by atoms with Gasteiger partial charge in [-0.2, -0.15) is 0 Å². The maximum absolute atomic E-state index is 12.7. The minimum absolute atomic E-state index is 0.205. The number of rotatable bonds is 7. The van der Waals surface area contributed by atoms with E-state index in [0.717, 1.165) is 39.0 Å². The predicted octanol–water partition coefficient (Wildman–Crippen LogP) is 2.07. The maximum Gasteiger partial charge on any atom is 0.237 e. The summed E-state index contributed by atoms with van der Waals surface area (Å²) in [5, 5.41) is 0. The van der Waals surface area contributed by atoms with Gasteiger partial charge in [-0.1, -0.05) is 54.6 Å². The van der Waals surface area contributed by atoms with Crippen molar-refractivity contribution in [3.63, 3.8) is 0 Å². The summed E-state index contributed by atoms with van der Waals surface area (Å²) in [7, 11) is 0. The van der Waals surface area contributed by atoms with Crippen LogP contribution in [0.25, 0.3) is 0 Å². The fourth-order valence-corrected chi connectivity index (χ4v) is 3.38. The lowest BCUT2D eigenvalue weighted by Gasteiger charge is -2.31. The summed E-state index contributed by atoms with van der Waals surface area (Å²) < 4.78 is 0. The van der Waals surface area contributed by atoms with Gasteiger partial charge in [-0.25, -0.2) is 0 Å². The minimum Gasteiger partial charge on any atom is -0.337 e. The fraction of sp³-hybridized carbons (Fsp3) is 0.381. The largest absolute Gasteiger partial charge is 0.337 e. The number of nitrogens with zero attached hydrogens (tertiary/aromatic N) is 2. The first-order chi connectivity index (χ1) is 12.3. The van der Waals surface area contributed by atoms with Crippen molar-refractivity contribution in [2.75, 3.05) is 32.7 Å². The number of carbonyl (C=O) groups is 1. The molecule has 0 bridgehead atoms. The van der Waals surface area contributed by atoms with Gasteiger partial charge in [-0.3, -0.25) is 9.69 Å². The zero-order valence-electron chi connectivity index (χ0n) is 14.7. The van der Waals surface area contributed by atoms with Gasteiger partial charge >= 0.3 is 0 Å². The number of hydrogen-bond acceptors (Lipinski definition) is 3. The normalized spacial score (nSPS) is 13.8. The molecule has 0 saturated carbocycles. The topological polar surface area (TPSA) is 49.6 Å². The first kappa shape index (κ1) is 17.6. The van der Waals surface area contributed by atoms with Crippen LogP contribution in [0.4, 0.5) is 0 Å². The third kappa shape index (κ3) is 4.91. The van der Waals surface area contributed by atoms with Crippen LogP contribution in [-0.2, 0) is 24.2 Å². The average molecular weight is 337 g/mol. The van der Waals surface area contributed by atoms with E-state index in [4.69, 9.17) is 5.73 Å². The Bertz CT molecular complexity index is 687. The summed E-state index contributed by atoms with van der Waals surface area (Å²) in [5.41, 5.74) is 9.69. The van der Waals surface area contributed by atoms with Crippen LogP contribution in [0.1, 0.15) is 16.7 Å². The van der Waals surface area contributed by atoms with Crippen LogP contribution in [0.2, 0.25) is 0 Å². The van der Waals surface area contributed by atoms with Crippen LogP contribution in [0.15, 0.2) is 54.6 Å². The van der Waals surface area contributed by atoms with E-state index in [0.29, 0.717) is 13.1 Å². The second-order valence-corrected chi connectivity index (χ2v) is 6.63. The van der Waals surface area contributed by atoms with Crippen molar-refractivity contribution in [2.24, 2.45) is 5.73 Å². The van der Waals surface area contributed by atoms with Gasteiger partial charge < -0.3 is 10.6 Å². The van der Waals surface area contributed by atoms with Gasteiger partial charge in [0, 0.05) is 32.7 Å². The number of amides is 1. The Hall–Kier alpha value is -2.17. The van der Waals surface area contributed by atoms with Crippen molar-refractivity contribution in [3.05, 3.63) is 71.3 Å². The van der Waals surface area contributed by atoms with Crippen LogP contribution in [0.3, 0.4) is 0 Å². The Kier molecular flexibility index (Phi) is 6.20. The lowest BCUT2D eigenvalue weighted by molar-refractivity contribution is -0.133. The molecule has 0 fully saturated rings. The highest BCUT2D eigenvalue weighted by molar-refractivity contribution is 5.78. The summed E-state index contributed by atoms with van der Waals surface area (Å²) in [6.07, 6.45) is 1.89. The molecule has 1 heterocycles. The summed E-state index contributed by atoms with van der Waals surface area (Å²) in [6, 6.07) is 18.8. The molecule has 2 aromatic carbocycles. The zero-order valence-corrected chi connectivity index (χ0v) is 14.7. The molecule has 2 aromatic rings. The summed E-state index contributed by atoms with van der Waals surface area (Å²) in [6.45, 7) is 4.17. The fourth-order valence-electron chi connectivity index (χ4n) is 3.38. The Morgan fingerprint density at radius 1 is 1.00 bits per heavy atom. The molecule has 25 heavy (non-hydrogen) atoms. The maximum atomic E-state index is 12.7. The van der Waals surface area contributed by atoms with Crippen LogP contribution >= 0.6 is 0 Å². The average Bonchev–Trinajstić information content (AvgIpc) is 2.66. The first-order valence-electron chi connectivity index (χ1n) is 9.07. The number of carbonyl (C=O) groups excluding carboxylic acids is 1. The molecule has 0 saturated heterocycles. The first-order valence-corrected chi connectivity index (χ1v) is 9.07. The van der Waals surface area contributed by atoms with Gasteiger partial charge in [0.25, 0.3) is 0 Å². The molecule has 0 atom stereocenters. The third-order valence-corrected chi connectivity index (χ3v) is 4.85. The second kappa shape index (κ2) is 8.79. The number of benzene rings is 2. The molecule has 132 valence electrons. The van der Waals surface area contributed by atoms with E-state index in [9.17, 15) is 4.79 Å². The van der Waals surface area contributed by atoms with Crippen LogP contribution in [-0.4, -0.2) is 48.4 Å². The van der Waals surface area contributed by atoms with E-state index in [1.807, 2.05) is 17.0 Å². The predicted molar refractivity (Wildman–Crippen MR) is 101 cm³/mol. The number of nitrogens with two attached hydrogens (primary N) is 1. The molecule has 3 rings (SSSR count). The van der Waals surface area contributed by atoms with E-state index < -0.39 is 0 Å². The van der Waals surface area contributed by atoms with Crippen LogP contribution in [0, 0.1) is 0 Å². The lowest BCUT2D eigenvalue weighted by atomic mass is 10.00. The highest BCUT2D eigenvalue weighted by atomic mass is 16.2. The SMILES string of the molecule is NCCN(CCc1ccccc1)CC(=O)N1CCc2ccccc2C1. The molecular weight excluding hydrogens is 310 g/mol. The molecule has 2 N–H and O–H groups in total. The molecular formula is C21H27N3O. The van der Waals surface area contributed by atoms with Gasteiger partial charge in [0.05, 0.1) is 6.54 Å². The summed E-state index contributed by atoms with van der Waals surface area (Å²) >= 11 is 0. The highest BCUT2D eigenvalue weighted by Gasteiger charge is 2.21. The molecule has 4 heteroatoms. The minimum atomic E-state index is 0.205. The van der Waals surface area contributed by atoms with E-state index in [1.165, 1.54) is 16.7 Å². The molecule has 1 amide bonds. The van der Waals surface area contributed by atoms with Crippen molar-refractivity contribution >= 4 is 5.91 Å². The van der Waals surface area contributed by atoms with Gasteiger partial charge in [0.15, 0.2) is 0 Å². The van der Waals surface area contributed by atoms with Crippen molar-refractivity contribution in [3.8, 4) is 0 Å². The quantitative estimate of drug-likeness (QED) is 0.841. The standard InChI is InChI=1S/C21H27N3O/c22-12-15-23(13-10-18-6-2-1-3-7-18)17-21(25)24-14-11-19-8-4-5-9-20(19)16-24/h1-9H,10-17,22H2. The number of fused-ring (bicyclic) bond motifs is 1. The highest BCUT2D eigenvalue weighted by Crippen LogP contribution is 2.18. The van der Waals surface area contributed by atoms with E-state index >= 15 is 0 Å². The molecule has 0 unspecified atom stereocenters. The van der Waals surface area contributed by atoms with Crippen molar-refractivity contribution in [2.45, 2.75) is 19.4 Å². The Morgan fingerprint density at radius 2 is 1.72 bits per heavy atom. The lowest BCUT2D eigenvalue weighted by Crippen LogP contribution is -2.44. The summed E-state index contributed by atoms with van der Waals surface area (Å²) in [5.74, 6) is 0.205. The van der Waals surface area contributed by atoms with Crippen molar-refractivity contribution < 1.29 is 4.79 Å². The van der Waals surface area contributed by atoms with Gasteiger partial charge in [0.2, 0.25) is 5.91 Å². The van der Waals surface area contributed by atoms with E-state index in [2.05, 4.69) is 47.4 Å². The monoisotopic (exact) mass is 337 g/mol. The smallest absolute Gasteiger partial charge is 0.237 e. The zero-order chi connectivity index (χ0) is 17.5. The Labute approximate surface area is 150 Å². The van der Waals surface area contributed by atoms with Gasteiger partial charge in [-0.05, 0) is 29.5 Å². The van der Waals surface area contributed by atoms with Crippen LogP contribution < -0.4 is 5.73 Å². The molecule has 0 aromatic heterocycles. The van der Waals surface area contributed by atoms with E-state index in [1.54, 1.807) is 0 Å². The molecule has 0 radical (unpaired) electrons. The van der Waals surface area contributed by atoms with Gasteiger partial charge in [-0.15, -0.1) is 0 Å². The second-order valence-electron chi connectivity index (χ2n) is 6.63. The third-order valence-electron chi connectivity index (χ3n) is 4.85.